The minimum Gasteiger partial charge on any atom is -0.493 e. The molecule has 210 valence electrons. The van der Waals surface area contributed by atoms with Gasteiger partial charge in [-0.1, -0.05) is 12.1 Å². The number of hydrogen-bond acceptors (Lipinski definition) is 8. The van der Waals surface area contributed by atoms with Crippen LogP contribution in [0.3, 0.4) is 0 Å². The molecule has 1 saturated carbocycles. The number of benzene rings is 2. The monoisotopic (exact) mass is 564 g/mol. The number of carbonyl (C=O) groups is 1. The molecular formula is C27H30F2N2O7S. The van der Waals surface area contributed by atoms with Crippen molar-refractivity contribution in [2.75, 3.05) is 33.4 Å². The van der Waals surface area contributed by atoms with Crippen molar-refractivity contribution in [2.45, 2.75) is 55.8 Å². The fourth-order valence-electron chi connectivity index (χ4n) is 5.59. The van der Waals surface area contributed by atoms with Crippen LogP contribution in [0, 0.1) is 0 Å². The van der Waals surface area contributed by atoms with E-state index >= 15 is 0 Å². The molecule has 2 aromatic rings. The molecule has 1 aliphatic carbocycles. The standard InChI is InChI=1S/C27H30F2N2O7S/c1-16(32)37-18-6-7-23-21(13-18)20-14-24(35-2)25(38-27(28)29)15-22(20)26(30-23)17-4-3-5-19(12-17)39(33,34)31-8-10-36-11-9-31/h3-5,12,14-15,18,21,23,27H,6-11,13H2,1-2H3. The lowest BCUT2D eigenvalue weighted by atomic mass is 9.74. The second-order valence-corrected chi connectivity index (χ2v) is 11.6. The maximum absolute atomic E-state index is 13.3. The first kappa shape index (κ1) is 27.5. The first-order valence-corrected chi connectivity index (χ1v) is 14.2. The topological polar surface area (TPSA) is 104 Å². The highest BCUT2D eigenvalue weighted by Gasteiger charge is 2.39. The van der Waals surface area contributed by atoms with Crippen molar-refractivity contribution in [3.05, 3.63) is 53.1 Å². The van der Waals surface area contributed by atoms with Gasteiger partial charge in [0.05, 0.1) is 37.0 Å². The predicted octanol–water partition coefficient (Wildman–Crippen LogP) is 3.74. The number of carbonyl (C=O) groups excluding carboxylic acids is 1. The van der Waals surface area contributed by atoms with Gasteiger partial charge in [-0.2, -0.15) is 13.1 Å². The molecule has 1 saturated heterocycles. The molecule has 2 fully saturated rings. The number of halogens is 2. The van der Waals surface area contributed by atoms with Crippen LogP contribution in [0.2, 0.25) is 0 Å². The van der Waals surface area contributed by atoms with Crippen molar-refractivity contribution in [1.29, 1.82) is 0 Å². The number of methoxy groups -OCH3 is 1. The molecule has 0 radical (unpaired) electrons. The minimum atomic E-state index is -3.77. The normalized spacial score (nSPS) is 23.4. The van der Waals surface area contributed by atoms with Crippen molar-refractivity contribution in [2.24, 2.45) is 4.99 Å². The van der Waals surface area contributed by atoms with Gasteiger partial charge in [0.2, 0.25) is 10.0 Å². The Morgan fingerprint density at radius 2 is 1.90 bits per heavy atom. The van der Waals surface area contributed by atoms with Gasteiger partial charge in [-0.3, -0.25) is 9.79 Å². The number of sulfonamides is 1. The molecule has 12 heteroatoms. The van der Waals surface area contributed by atoms with Crippen molar-refractivity contribution in [1.82, 2.24) is 4.31 Å². The average molecular weight is 565 g/mol. The molecule has 5 rings (SSSR count). The molecule has 0 bridgehead atoms. The molecule has 0 amide bonds. The summed E-state index contributed by atoms with van der Waals surface area (Å²) in [7, 11) is -2.40. The summed E-state index contributed by atoms with van der Waals surface area (Å²) in [4.78, 5) is 16.7. The van der Waals surface area contributed by atoms with E-state index in [2.05, 4.69) is 0 Å². The lowest BCUT2D eigenvalue weighted by molar-refractivity contribution is -0.148. The third-order valence-electron chi connectivity index (χ3n) is 7.31. The molecule has 2 aliphatic heterocycles. The Labute approximate surface area is 225 Å². The zero-order valence-electron chi connectivity index (χ0n) is 21.6. The van der Waals surface area contributed by atoms with Gasteiger partial charge >= 0.3 is 12.6 Å². The molecule has 3 atom stereocenters. The Balaban J connectivity index is 1.59. The van der Waals surface area contributed by atoms with E-state index in [1.54, 1.807) is 24.3 Å². The number of nitrogens with zero attached hydrogens (tertiary/aromatic N) is 2. The van der Waals surface area contributed by atoms with E-state index in [4.69, 9.17) is 23.9 Å². The molecule has 39 heavy (non-hydrogen) atoms. The maximum Gasteiger partial charge on any atom is 0.387 e. The van der Waals surface area contributed by atoms with E-state index in [1.807, 2.05) is 0 Å². The van der Waals surface area contributed by atoms with Crippen LogP contribution in [0.25, 0.3) is 0 Å². The van der Waals surface area contributed by atoms with Gasteiger partial charge in [0.25, 0.3) is 0 Å². The Kier molecular flexibility index (Phi) is 7.88. The van der Waals surface area contributed by atoms with Gasteiger partial charge in [0, 0.05) is 37.1 Å². The Bertz CT molecular complexity index is 1380. The molecule has 9 nitrogen and oxygen atoms in total. The third-order valence-corrected chi connectivity index (χ3v) is 9.21. The van der Waals surface area contributed by atoms with Crippen LogP contribution < -0.4 is 9.47 Å². The van der Waals surface area contributed by atoms with Crippen molar-refractivity contribution in [3.8, 4) is 11.5 Å². The molecule has 0 aromatic heterocycles. The highest BCUT2D eigenvalue weighted by atomic mass is 32.2. The Hall–Kier alpha value is -3.09. The number of morpholine rings is 1. The Morgan fingerprint density at radius 3 is 2.59 bits per heavy atom. The molecule has 0 N–H and O–H groups in total. The van der Waals surface area contributed by atoms with Crippen molar-refractivity contribution < 1.29 is 40.9 Å². The lowest BCUT2D eigenvalue weighted by Crippen LogP contribution is -2.40. The second kappa shape index (κ2) is 11.2. The molecular weight excluding hydrogens is 534 g/mol. The van der Waals surface area contributed by atoms with E-state index in [0.29, 0.717) is 49.3 Å². The van der Waals surface area contributed by atoms with Crippen LogP contribution in [0.5, 0.6) is 11.5 Å². The van der Waals surface area contributed by atoms with E-state index in [9.17, 15) is 22.0 Å². The molecule has 3 unspecified atom stereocenters. The number of ether oxygens (including phenoxy) is 4. The molecule has 2 aromatic carbocycles. The van der Waals surface area contributed by atoms with Crippen molar-refractivity contribution >= 4 is 21.7 Å². The van der Waals surface area contributed by atoms with Gasteiger partial charge in [0.15, 0.2) is 11.5 Å². The SMILES string of the molecule is COc1cc2c(cc1OC(F)F)C(c1cccc(S(=O)(=O)N3CCOCC3)c1)=NC1CCC(OC(C)=O)CC21. The highest BCUT2D eigenvalue weighted by molar-refractivity contribution is 7.89. The summed E-state index contributed by atoms with van der Waals surface area (Å²) in [5, 5.41) is 0. The van der Waals surface area contributed by atoms with Crippen molar-refractivity contribution in [3.63, 3.8) is 0 Å². The molecule has 3 aliphatic rings. The van der Waals surface area contributed by atoms with Gasteiger partial charge in [-0.25, -0.2) is 8.42 Å². The summed E-state index contributed by atoms with van der Waals surface area (Å²) in [6.07, 6.45) is 1.48. The second-order valence-electron chi connectivity index (χ2n) is 9.71. The van der Waals surface area contributed by atoms with Gasteiger partial charge in [-0.05, 0) is 49.1 Å². The zero-order chi connectivity index (χ0) is 27.7. The largest absolute Gasteiger partial charge is 0.493 e. The van der Waals surface area contributed by atoms with Crippen LogP contribution in [-0.2, 0) is 24.3 Å². The summed E-state index contributed by atoms with van der Waals surface area (Å²) in [6, 6.07) is 9.46. The number of alkyl halides is 2. The average Bonchev–Trinajstić information content (AvgIpc) is 2.92. The fourth-order valence-corrected chi connectivity index (χ4v) is 7.04. The summed E-state index contributed by atoms with van der Waals surface area (Å²) in [6.45, 7) is -0.531. The number of hydrogen-bond donors (Lipinski definition) is 0. The Morgan fingerprint density at radius 1 is 1.13 bits per heavy atom. The van der Waals surface area contributed by atoms with Gasteiger partial charge in [0.1, 0.15) is 6.10 Å². The van der Waals surface area contributed by atoms with E-state index in [-0.39, 0.29) is 53.5 Å². The van der Waals surface area contributed by atoms with Gasteiger partial charge < -0.3 is 18.9 Å². The zero-order valence-corrected chi connectivity index (χ0v) is 22.5. The first-order chi connectivity index (χ1) is 18.7. The summed E-state index contributed by atoms with van der Waals surface area (Å²) < 4.78 is 75.5. The molecule has 2 heterocycles. The van der Waals surface area contributed by atoms with Crippen LogP contribution in [0.1, 0.15) is 48.8 Å². The predicted molar refractivity (Wildman–Crippen MR) is 137 cm³/mol. The van der Waals surface area contributed by atoms with Gasteiger partial charge in [-0.15, -0.1) is 0 Å². The maximum atomic E-state index is 13.3. The fraction of sp³-hybridized carbons (Fsp3) is 0.481. The van der Waals surface area contributed by atoms with E-state index in [1.165, 1.54) is 30.5 Å². The van der Waals surface area contributed by atoms with Crippen LogP contribution >= 0.6 is 0 Å². The lowest BCUT2D eigenvalue weighted by Gasteiger charge is -2.38. The van der Waals surface area contributed by atoms with Crippen LogP contribution in [0.15, 0.2) is 46.3 Å². The highest BCUT2D eigenvalue weighted by Crippen LogP contribution is 2.46. The molecule has 0 spiro atoms. The summed E-state index contributed by atoms with van der Waals surface area (Å²) >= 11 is 0. The first-order valence-electron chi connectivity index (χ1n) is 12.8. The smallest absolute Gasteiger partial charge is 0.387 e. The third kappa shape index (κ3) is 5.64. The van der Waals surface area contributed by atoms with E-state index in [0.717, 1.165) is 5.56 Å². The number of fused-ring (bicyclic) bond motifs is 3. The summed E-state index contributed by atoms with van der Waals surface area (Å²) in [5.74, 6) is -0.527. The number of aliphatic imine (C=N–C) groups is 1. The summed E-state index contributed by atoms with van der Waals surface area (Å²) in [5.41, 5.74) is 2.36. The number of rotatable bonds is 7. The van der Waals surface area contributed by atoms with Crippen LogP contribution in [-0.4, -0.2) is 76.6 Å². The van der Waals surface area contributed by atoms with Crippen LogP contribution in [0.4, 0.5) is 8.78 Å². The minimum absolute atomic E-state index is 0.115. The number of esters is 1. The quantitative estimate of drug-likeness (QED) is 0.472. The van der Waals surface area contributed by atoms with E-state index < -0.39 is 16.6 Å².